The van der Waals surface area contributed by atoms with Gasteiger partial charge in [-0.15, -0.1) is 0 Å². The fourth-order valence-corrected chi connectivity index (χ4v) is 6.59. The third-order valence-corrected chi connectivity index (χ3v) is 8.53. The third kappa shape index (κ3) is 4.24. The maximum atomic E-state index is 14.4. The van der Waals surface area contributed by atoms with E-state index in [0.29, 0.717) is 30.2 Å². The first-order chi connectivity index (χ1) is 18.0. The lowest BCUT2D eigenvalue weighted by Gasteiger charge is -2.30. The van der Waals surface area contributed by atoms with E-state index in [1.807, 2.05) is 65.8 Å². The lowest BCUT2D eigenvalue weighted by Crippen LogP contribution is -2.41. The SMILES string of the molecule is CN1CCN(/N=C/c2c(-c3ccccc3)n(S(=O)(=O)c3cccc4c3OCCO4)c3ccccc23)CC1. The van der Waals surface area contributed by atoms with Crippen molar-refractivity contribution in [1.82, 2.24) is 13.9 Å². The summed E-state index contributed by atoms with van der Waals surface area (Å²) in [6.45, 7) is 4.17. The van der Waals surface area contributed by atoms with E-state index in [0.717, 1.165) is 42.7 Å². The molecule has 0 bridgehead atoms. The summed E-state index contributed by atoms with van der Waals surface area (Å²) in [6, 6.07) is 22.1. The maximum Gasteiger partial charge on any atom is 0.272 e. The molecule has 0 unspecified atom stereocenters. The molecule has 190 valence electrons. The number of fused-ring (bicyclic) bond motifs is 2. The second-order valence-corrected chi connectivity index (χ2v) is 11.0. The molecule has 0 atom stereocenters. The van der Waals surface area contributed by atoms with Crippen molar-refractivity contribution in [3.05, 3.63) is 78.4 Å². The van der Waals surface area contributed by atoms with Gasteiger partial charge in [0.25, 0.3) is 10.0 Å². The summed E-state index contributed by atoms with van der Waals surface area (Å²) in [5, 5.41) is 7.64. The molecule has 0 radical (unpaired) electrons. The van der Waals surface area contributed by atoms with Gasteiger partial charge in [0.1, 0.15) is 18.1 Å². The van der Waals surface area contributed by atoms with Gasteiger partial charge in [-0.25, -0.2) is 12.4 Å². The summed E-state index contributed by atoms with van der Waals surface area (Å²) in [7, 11) is -1.98. The minimum atomic E-state index is -4.09. The molecule has 9 heteroatoms. The first-order valence-corrected chi connectivity index (χ1v) is 13.8. The first kappa shape index (κ1) is 23.6. The minimum Gasteiger partial charge on any atom is -0.486 e. The van der Waals surface area contributed by atoms with E-state index < -0.39 is 10.0 Å². The quantitative estimate of drug-likeness (QED) is 0.375. The predicted molar refractivity (Wildman–Crippen MR) is 144 cm³/mol. The van der Waals surface area contributed by atoms with Crippen LogP contribution >= 0.6 is 0 Å². The van der Waals surface area contributed by atoms with Gasteiger partial charge in [-0.05, 0) is 30.8 Å². The van der Waals surface area contributed by atoms with E-state index in [1.54, 1.807) is 18.2 Å². The Bertz CT molecular complexity index is 1570. The number of para-hydroxylation sites is 2. The number of aromatic nitrogens is 1. The number of likely N-dealkylation sites (N-methyl/N-ethyl adjacent to an activating group) is 1. The molecule has 3 heterocycles. The largest absolute Gasteiger partial charge is 0.486 e. The van der Waals surface area contributed by atoms with E-state index in [4.69, 9.17) is 14.6 Å². The third-order valence-electron chi connectivity index (χ3n) is 6.80. The molecule has 3 aromatic carbocycles. The molecule has 0 aliphatic carbocycles. The maximum absolute atomic E-state index is 14.4. The molecular formula is C28H28N4O4S. The highest BCUT2D eigenvalue weighted by Gasteiger charge is 2.32. The molecule has 2 aliphatic rings. The molecule has 1 saturated heterocycles. The van der Waals surface area contributed by atoms with Crippen LogP contribution in [0.1, 0.15) is 5.56 Å². The zero-order valence-electron chi connectivity index (χ0n) is 20.6. The molecule has 1 aromatic heterocycles. The summed E-state index contributed by atoms with van der Waals surface area (Å²) >= 11 is 0. The number of nitrogens with zero attached hydrogens (tertiary/aromatic N) is 4. The second kappa shape index (κ2) is 9.57. The molecular weight excluding hydrogens is 488 g/mol. The van der Waals surface area contributed by atoms with Crippen molar-refractivity contribution >= 4 is 27.1 Å². The van der Waals surface area contributed by atoms with Crippen LogP contribution in [0.4, 0.5) is 0 Å². The predicted octanol–water partition coefficient (Wildman–Crippen LogP) is 3.90. The molecule has 0 amide bonds. The summed E-state index contributed by atoms with van der Waals surface area (Å²) in [5.74, 6) is 0.681. The lowest BCUT2D eigenvalue weighted by atomic mass is 10.1. The second-order valence-electron chi connectivity index (χ2n) is 9.20. The molecule has 1 fully saturated rings. The van der Waals surface area contributed by atoms with Crippen LogP contribution in [0.15, 0.2) is 82.8 Å². The Kier molecular flexibility index (Phi) is 6.10. The van der Waals surface area contributed by atoms with Crippen LogP contribution in [0.25, 0.3) is 22.2 Å². The van der Waals surface area contributed by atoms with Gasteiger partial charge in [-0.1, -0.05) is 54.6 Å². The Balaban J connectivity index is 1.59. The topological polar surface area (TPSA) is 76.4 Å². The molecule has 0 N–H and O–H groups in total. The Hall–Kier alpha value is -3.82. The summed E-state index contributed by atoms with van der Waals surface area (Å²) < 4.78 is 41.8. The van der Waals surface area contributed by atoms with Crippen molar-refractivity contribution < 1.29 is 17.9 Å². The van der Waals surface area contributed by atoms with Gasteiger partial charge in [-0.3, -0.25) is 5.01 Å². The molecule has 6 rings (SSSR count). The van der Waals surface area contributed by atoms with Crippen LogP contribution in [0.3, 0.4) is 0 Å². The number of hydrogen-bond acceptors (Lipinski definition) is 7. The van der Waals surface area contributed by atoms with Crippen molar-refractivity contribution in [2.24, 2.45) is 5.10 Å². The molecule has 4 aromatic rings. The van der Waals surface area contributed by atoms with Crippen LogP contribution in [-0.2, 0) is 10.0 Å². The standard InChI is InChI=1S/C28H28N4O4S/c1-30-14-16-31(17-15-30)29-20-23-22-10-5-6-11-24(22)32(27(23)21-8-3-2-4-9-21)37(33,34)26-13-7-12-25-28(26)36-19-18-35-25/h2-13,20H,14-19H2,1H3/b29-20+. The van der Waals surface area contributed by atoms with Crippen molar-refractivity contribution in [2.75, 3.05) is 46.4 Å². The van der Waals surface area contributed by atoms with Crippen molar-refractivity contribution in [3.63, 3.8) is 0 Å². The summed E-state index contributed by atoms with van der Waals surface area (Å²) in [4.78, 5) is 2.34. The van der Waals surface area contributed by atoms with Crippen LogP contribution < -0.4 is 9.47 Å². The lowest BCUT2D eigenvalue weighted by molar-refractivity contribution is 0.159. The van der Waals surface area contributed by atoms with Gasteiger partial charge in [0.05, 0.1) is 17.4 Å². The van der Waals surface area contributed by atoms with E-state index in [2.05, 4.69) is 11.9 Å². The van der Waals surface area contributed by atoms with Gasteiger partial charge in [-0.2, -0.15) is 5.10 Å². The number of hydrogen-bond donors (Lipinski definition) is 0. The van der Waals surface area contributed by atoms with E-state index >= 15 is 0 Å². The summed E-state index contributed by atoms with van der Waals surface area (Å²) in [6.07, 6.45) is 1.81. The van der Waals surface area contributed by atoms with Crippen LogP contribution in [-0.4, -0.2) is 75.0 Å². The van der Waals surface area contributed by atoms with Gasteiger partial charge in [0, 0.05) is 37.1 Å². The van der Waals surface area contributed by atoms with Crippen molar-refractivity contribution in [1.29, 1.82) is 0 Å². The fraction of sp³-hybridized carbons (Fsp3) is 0.250. The Labute approximate surface area is 216 Å². The fourth-order valence-electron chi connectivity index (χ4n) is 4.88. The first-order valence-electron chi connectivity index (χ1n) is 12.3. The highest BCUT2D eigenvalue weighted by Crippen LogP contribution is 2.41. The average molecular weight is 517 g/mol. The normalized spacial score (nSPS) is 16.5. The van der Waals surface area contributed by atoms with Gasteiger partial charge < -0.3 is 14.4 Å². The van der Waals surface area contributed by atoms with E-state index in [-0.39, 0.29) is 10.6 Å². The van der Waals surface area contributed by atoms with Crippen LogP contribution in [0.5, 0.6) is 11.5 Å². The minimum absolute atomic E-state index is 0.0743. The number of benzene rings is 3. The molecule has 8 nitrogen and oxygen atoms in total. The van der Waals surface area contributed by atoms with E-state index in [9.17, 15) is 8.42 Å². The van der Waals surface area contributed by atoms with E-state index in [1.165, 1.54) is 3.97 Å². The smallest absolute Gasteiger partial charge is 0.272 e. The average Bonchev–Trinajstić information content (AvgIpc) is 3.28. The Morgan fingerprint density at radius 1 is 0.838 bits per heavy atom. The van der Waals surface area contributed by atoms with Gasteiger partial charge >= 0.3 is 0 Å². The van der Waals surface area contributed by atoms with Crippen molar-refractivity contribution in [3.8, 4) is 22.8 Å². The molecule has 0 saturated carbocycles. The van der Waals surface area contributed by atoms with Gasteiger partial charge in [0.2, 0.25) is 0 Å². The zero-order chi connectivity index (χ0) is 25.4. The number of ether oxygens (including phenoxy) is 2. The Morgan fingerprint density at radius 2 is 1.57 bits per heavy atom. The molecule has 37 heavy (non-hydrogen) atoms. The molecule has 0 spiro atoms. The number of hydrazone groups is 1. The number of piperazine rings is 1. The highest BCUT2D eigenvalue weighted by atomic mass is 32.2. The van der Waals surface area contributed by atoms with Crippen LogP contribution in [0, 0.1) is 0 Å². The zero-order valence-corrected chi connectivity index (χ0v) is 21.4. The van der Waals surface area contributed by atoms with Crippen LogP contribution in [0.2, 0.25) is 0 Å². The van der Waals surface area contributed by atoms with Crippen molar-refractivity contribution in [2.45, 2.75) is 4.90 Å². The number of rotatable bonds is 5. The Morgan fingerprint density at radius 3 is 2.38 bits per heavy atom. The molecule has 2 aliphatic heterocycles. The van der Waals surface area contributed by atoms with Gasteiger partial charge in [0.15, 0.2) is 11.5 Å². The monoisotopic (exact) mass is 516 g/mol. The highest BCUT2D eigenvalue weighted by molar-refractivity contribution is 7.90. The summed E-state index contributed by atoms with van der Waals surface area (Å²) in [5.41, 5.74) is 2.68.